The van der Waals surface area contributed by atoms with Crippen LogP contribution in [0.15, 0.2) is 12.2 Å². The molecule has 0 bridgehead atoms. The first-order chi connectivity index (χ1) is 6.60. The monoisotopic (exact) mass is 200 g/mol. The second kappa shape index (κ2) is 8.01. The summed E-state index contributed by atoms with van der Waals surface area (Å²) in [5.74, 6) is 0.652. The van der Waals surface area contributed by atoms with E-state index in [4.69, 9.17) is 9.47 Å². The summed E-state index contributed by atoms with van der Waals surface area (Å²) in [5, 5.41) is 0. The molecule has 0 aliphatic rings. The van der Waals surface area contributed by atoms with E-state index < -0.39 is 0 Å². The third-order valence-electron chi connectivity index (χ3n) is 2.42. The molecule has 0 rings (SSSR count). The fourth-order valence-corrected chi connectivity index (χ4v) is 1.49. The lowest BCUT2D eigenvalue weighted by Crippen LogP contribution is -2.16. The largest absolute Gasteiger partial charge is 0.356 e. The molecule has 84 valence electrons. The van der Waals surface area contributed by atoms with E-state index in [2.05, 4.69) is 20.4 Å². The summed E-state index contributed by atoms with van der Waals surface area (Å²) >= 11 is 0. The third-order valence-corrected chi connectivity index (χ3v) is 2.42. The summed E-state index contributed by atoms with van der Waals surface area (Å²) in [6, 6.07) is 0. The van der Waals surface area contributed by atoms with Gasteiger partial charge in [0.25, 0.3) is 0 Å². The Morgan fingerprint density at radius 1 is 1.29 bits per heavy atom. The maximum atomic E-state index is 5.16. The lowest BCUT2D eigenvalue weighted by molar-refractivity contribution is -0.113. The zero-order valence-electron chi connectivity index (χ0n) is 10.0. The highest BCUT2D eigenvalue weighted by Crippen LogP contribution is 2.17. The van der Waals surface area contributed by atoms with Crippen molar-refractivity contribution in [3.63, 3.8) is 0 Å². The Labute approximate surface area is 88.3 Å². The Morgan fingerprint density at radius 3 is 2.29 bits per heavy atom. The Morgan fingerprint density at radius 2 is 1.86 bits per heavy atom. The zero-order valence-corrected chi connectivity index (χ0v) is 10.0. The highest BCUT2D eigenvalue weighted by molar-refractivity contribution is 4.87. The smallest absolute Gasteiger partial charge is 0.157 e. The molecule has 0 amide bonds. The van der Waals surface area contributed by atoms with Crippen LogP contribution in [0.3, 0.4) is 0 Å². The summed E-state index contributed by atoms with van der Waals surface area (Å²) in [6.45, 7) is 8.22. The summed E-state index contributed by atoms with van der Waals surface area (Å²) in [4.78, 5) is 0. The van der Waals surface area contributed by atoms with Gasteiger partial charge in [0.05, 0.1) is 0 Å². The van der Waals surface area contributed by atoms with Gasteiger partial charge in [0.15, 0.2) is 6.29 Å². The van der Waals surface area contributed by atoms with Gasteiger partial charge < -0.3 is 9.47 Å². The highest BCUT2D eigenvalue weighted by Gasteiger charge is 2.10. The molecule has 0 saturated heterocycles. The molecule has 0 unspecified atom stereocenters. The van der Waals surface area contributed by atoms with Gasteiger partial charge in [0.1, 0.15) is 0 Å². The molecule has 0 aliphatic carbocycles. The predicted molar refractivity (Wildman–Crippen MR) is 60.3 cm³/mol. The molecule has 0 aromatic heterocycles. The number of hydrogen-bond donors (Lipinski definition) is 0. The van der Waals surface area contributed by atoms with E-state index in [9.17, 15) is 0 Å². The average Bonchev–Trinajstić information content (AvgIpc) is 2.13. The van der Waals surface area contributed by atoms with Crippen LogP contribution in [-0.4, -0.2) is 20.5 Å². The molecule has 0 aliphatic heterocycles. The van der Waals surface area contributed by atoms with Gasteiger partial charge in [-0.05, 0) is 25.7 Å². The second-order valence-electron chi connectivity index (χ2n) is 4.09. The quantitative estimate of drug-likeness (QED) is 0.442. The standard InChI is InChI=1S/C12H24O2/c1-10(2)7-6-8-11(3)9-12(13-4)14-5/h11-12H,1,6-9H2,2-5H3/t11-/m0/s1. The van der Waals surface area contributed by atoms with E-state index in [0.717, 1.165) is 12.8 Å². The fourth-order valence-electron chi connectivity index (χ4n) is 1.49. The van der Waals surface area contributed by atoms with Crippen molar-refractivity contribution in [1.29, 1.82) is 0 Å². The molecule has 1 atom stereocenters. The van der Waals surface area contributed by atoms with E-state index in [1.807, 2.05) is 0 Å². The minimum Gasteiger partial charge on any atom is -0.356 e. The van der Waals surface area contributed by atoms with Crippen LogP contribution in [0, 0.1) is 5.92 Å². The van der Waals surface area contributed by atoms with Gasteiger partial charge in [-0.15, -0.1) is 6.58 Å². The molecule has 14 heavy (non-hydrogen) atoms. The molecule has 0 saturated carbocycles. The molecule has 2 nitrogen and oxygen atoms in total. The van der Waals surface area contributed by atoms with Crippen LogP contribution in [0.2, 0.25) is 0 Å². The molecule has 0 heterocycles. The predicted octanol–water partition coefficient (Wildman–Crippen LogP) is 3.38. The van der Waals surface area contributed by atoms with Crippen LogP contribution in [0.25, 0.3) is 0 Å². The van der Waals surface area contributed by atoms with Crippen molar-refractivity contribution in [2.45, 2.75) is 45.8 Å². The van der Waals surface area contributed by atoms with Crippen molar-refractivity contribution >= 4 is 0 Å². The lowest BCUT2D eigenvalue weighted by Gasteiger charge is -2.18. The maximum absolute atomic E-state index is 5.16. The van der Waals surface area contributed by atoms with E-state index in [-0.39, 0.29) is 6.29 Å². The minimum absolute atomic E-state index is 0.0465. The van der Waals surface area contributed by atoms with Crippen LogP contribution in [0.4, 0.5) is 0 Å². The van der Waals surface area contributed by atoms with Crippen molar-refractivity contribution in [3.8, 4) is 0 Å². The van der Waals surface area contributed by atoms with Crippen molar-refractivity contribution in [2.24, 2.45) is 5.92 Å². The SMILES string of the molecule is C=C(C)CCC[C@H](C)CC(OC)OC. The normalized spacial score (nSPS) is 13.2. The zero-order chi connectivity index (χ0) is 11.0. The summed E-state index contributed by atoms with van der Waals surface area (Å²) in [7, 11) is 3.38. The Bertz CT molecular complexity index is 150. The number of ether oxygens (including phenoxy) is 2. The molecular formula is C12H24O2. The molecule has 0 aromatic carbocycles. The summed E-state index contributed by atoms with van der Waals surface area (Å²) < 4.78 is 10.3. The van der Waals surface area contributed by atoms with Crippen molar-refractivity contribution < 1.29 is 9.47 Å². The fraction of sp³-hybridized carbons (Fsp3) is 0.833. The van der Waals surface area contributed by atoms with E-state index in [1.54, 1.807) is 14.2 Å². The number of hydrogen-bond acceptors (Lipinski definition) is 2. The van der Waals surface area contributed by atoms with Crippen LogP contribution in [0.5, 0.6) is 0 Å². The van der Waals surface area contributed by atoms with E-state index in [0.29, 0.717) is 5.92 Å². The average molecular weight is 200 g/mol. The Kier molecular flexibility index (Phi) is 7.81. The van der Waals surface area contributed by atoms with E-state index >= 15 is 0 Å². The van der Waals surface area contributed by atoms with Gasteiger partial charge in [-0.1, -0.05) is 18.9 Å². The molecule has 0 spiro atoms. The second-order valence-corrected chi connectivity index (χ2v) is 4.09. The number of methoxy groups -OCH3 is 2. The molecule has 2 heteroatoms. The molecule has 0 fully saturated rings. The van der Waals surface area contributed by atoms with Crippen molar-refractivity contribution in [3.05, 3.63) is 12.2 Å². The molecular weight excluding hydrogens is 176 g/mol. The van der Waals surface area contributed by atoms with Gasteiger partial charge in [-0.2, -0.15) is 0 Å². The maximum Gasteiger partial charge on any atom is 0.157 e. The first kappa shape index (κ1) is 13.7. The van der Waals surface area contributed by atoms with Gasteiger partial charge in [0, 0.05) is 20.6 Å². The van der Waals surface area contributed by atoms with Crippen LogP contribution in [-0.2, 0) is 9.47 Å². The topological polar surface area (TPSA) is 18.5 Å². The van der Waals surface area contributed by atoms with Crippen LogP contribution in [0.1, 0.15) is 39.5 Å². The number of rotatable bonds is 8. The first-order valence-corrected chi connectivity index (χ1v) is 5.30. The molecule has 0 N–H and O–H groups in total. The van der Waals surface area contributed by atoms with Gasteiger partial charge in [0.2, 0.25) is 0 Å². The van der Waals surface area contributed by atoms with E-state index in [1.165, 1.54) is 18.4 Å². The highest BCUT2D eigenvalue weighted by atomic mass is 16.7. The Balaban J connectivity index is 3.53. The van der Waals surface area contributed by atoms with Crippen molar-refractivity contribution in [2.75, 3.05) is 14.2 Å². The molecule has 0 aromatic rings. The third kappa shape index (κ3) is 7.10. The number of allylic oxidation sites excluding steroid dienone is 1. The summed E-state index contributed by atoms with van der Waals surface area (Å²) in [6.07, 6.45) is 4.50. The first-order valence-electron chi connectivity index (χ1n) is 5.30. The summed E-state index contributed by atoms with van der Waals surface area (Å²) in [5.41, 5.74) is 1.27. The molecule has 0 radical (unpaired) electrons. The van der Waals surface area contributed by atoms with Crippen LogP contribution < -0.4 is 0 Å². The minimum atomic E-state index is -0.0465. The van der Waals surface area contributed by atoms with Crippen molar-refractivity contribution in [1.82, 2.24) is 0 Å². The van der Waals surface area contributed by atoms with Crippen LogP contribution >= 0.6 is 0 Å². The van der Waals surface area contributed by atoms with Gasteiger partial charge in [-0.25, -0.2) is 0 Å². The van der Waals surface area contributed by atoms with Gasteiger partial charge in [-0.3, -0.25) is 0 Å². The Hall–Kier alpha value is -0.340. The van der Waals surface area contributed by atoms with Gasteiger partial charge >= 0.3 is 0 Å². The lowest BCUT2D eigenvalue weighted by atomic mass is 9.99.